The second-order valence-electron chi connectivity index (χ2n) is 4.57. The molecule has 0 saturated carbocycles. The molecular weight excluding hydrogens is 246 g/mol. The van der Waals surface area contributed by atoms with Crippen molar-refractivity contribution in [1.29, 1.82) is 0 Å². The molecule has 0 unspecified atom stereocenters. The molecule has 0 spiro atoms. The number of carbonyl (C=O) groups is 2. The largest absolute Gasteiger partial charge is 0.507 e. The van der Waals surface area contributed by atoms with Crippen LogP contribution in [0.2, 0.25) is 0 Å². The van der Waals surface area contributed by atoms with E-state index in [1.165, 1.54) is 19.1 Å². The number of carbonyl (C=O) groups excluding carboxylic acids is 2. The van der Waals surface area contributed by atoms with Crippen LogP contribution >= 0.6 is 0 Å². The monoisotopic (exact) mass is 263 g/mol. The van der Waals surface area contributed by atoms with Crippen molar-refractivity contribution in [3.63, 3.8) is 0 Å². The Bertz CT molecular complexity index is 508. The van der Waals surface area contributed by atoms with Gasteiger partial charge in [-0.15, -0.1) is 0 Å². The van der Waals surface area contributed by atoms with Gasteiger partial charge in [0.15, 0.2) is 0 Å². The van der Waals surface area contributed by atoms with E-state index in [4.69, 9.17) is 5.73 Å². The smallest absolute Gasteiger partial charge is 0.257 e. The number of nitrogens with zero attached hydrogens (tertiary/aromatic N) is 2. The third-order valence-corrected chi connectivity index (χ3v) is 3.26. The van der Waals surface area contributed by atoms with Gasteiger partial charge < -0.3 is 20.6 Å². The van der Waals surface area contributed by atoms with Gasteiger partial charge >= 0.3 is 0 Å². The van der Waals surface area contributed by atoms with Crippen LogP contribution in [-0.4, -0.2) is 52.9 Å². The van der Waals surface area contributed by atoms with Crippen molar-refractivity contribution >= 4 is 17.5 Å². The fourth-order valence-electron chi connectivity index (χ4n) is 2.12. The van der Waals surface area contributed by atoms with Gasteiger partial charge in [0.05, 0.1) is 5.56 Å². The summed E-state index contributed by atoms with van der Waals surface area (Å²) in [5.41, 5.74) is 6.26. The summed E-state index contributed by atoms with van der Waals surface area (Å²) in [7, 11) is 0. The van der Waals surface area contributed by atoms with Gasteiger partial charge in [-0.3, -0.25) is 9.59 Å². The summed E-state index contributed by atoms with van der Waals surface area (Å²) < 4.78 is 0. The maximum atomic E-state index is 12.3. The van der Waals surface area contributed by atoms with E-state index in [9.17, 15) is 14.7 Å². The number of anilines is 1. The Morgan fingerprint density at radius 1 is 1.16 bits per heavy atom. The van der Waals surface area contributed by atoms with Crippen molar-refractivity contribution in [2.75, 3.05) is 31.9 Å². The molecule has 102 valence electrons. The fourth-order valence-corrected chi connectivity index (χ4v) is 2.12. The van der Waals surface area contributed by atoms with Gasteiger partial charge in [-0.05, 0) is 18.2 Å². The molecule has 1 heterocycles. The Morgan fingerprint density at radius 2 is 1.74 bits per heavy atom. The van der Waals surface area contributed by atoms with Crippen LogP contribution in [0, 0.1) is 0 Å². The molecule has 0 radical (unpaired) electrons. The number of piperazine rings is 1. The summed E-state index contributed by atoms with van der Waals surface area (Å²) in [5, 5.41) is 9.71. The zero-order valence-corrected chi connectivity index (χ0v) is 10.8. The minimum Gasteiger partial charge on any atom is -0.507 e. The number of nitrogen functional groups attached to an aromatic ring is 1. The number of benzene rings is 1. The van der Waals surface area contributed by atoms with Gasteiger partial charge in [0.1, 0.15) is 5.75 Å². The van der Waals surface area contributed by atoms with Crippen molar-refractivity contribution in [3.05, 3.63) is 23.8 Å². The first-order valence-corrected chi connectivity index (χ1v) is 6.12. The van der Waals surface area contributed by atoms with Crippen LogP contribution in [0.15, 0.2) is 18.2 Å². The highest BCUT2D eigenvalue weighted by Crippen LogP contribution is 2.22. The van der Waals surface area contributed by atoms with Crippen LogP contribution in [0.25, 0.3) is 0 Å². The van der Waals surface area contributed by atoms with Gasteiger partial charge in [-0.2, -0.15) is 0 Å². The lowest BCUT2D eigenvalue weighted by atomic mass is 10.1. The standard InChI is InChI=1S/C13H17N3O3/c1-9(17)15-4-6-16(7-5-15)13(19)11-8-10(14)2-3-12(11)18/h2-3,8,18H,4-7,14H2,1H3. The van der Waals surface area contributed by atoms with Gasteiger partial charge in [0.25, 0.3) is 5.91 Å². The van der Waals surface area contributed by atoms with Gasteiger partial charge in [0.2, 0.25) is 5.91 Å². The van der Waals surface area contributed by atoms with Crippen molar-refractivity contribution in [1.82, 2.24) is 9.80 Å². The predicted molar refractivity (Wildman–Crippen MR) is 70.7 cm³/mol. The molecule has 1 fully saturated rings. The van der Waals surface area contributed by atoms with Crippen LogP contribution in [-0.2, 0) is 4.79 Å². The molecule has 6 heteroatoms. The van der Waals surface area contributed by atoms with Crippen molar-refractivity contribution in [3.8, 4) is 5.75 Å². The van der Waals surface area contributed by atoms with E-state index in [2.05, 4.69) is 0 Å². The lowest BCUT2D eigenvalue weighted by molar-refractivity contribution is -0.130. The molecule has 2 amide bonds. The lowest BCUT2D eigenvalue weighted by Crippen LogP contribution is -2.50. The van der Waals surface area contributed by atoms with Crippen LogP contribution in [0.3, 0.4) is 0 Å². The number of nitrogens with two attached hydrogens (primary N) is 1. The third kappa shape index (κ3) is 2.78. The average molecular weight is 263 g/mol. The van der Waals surface area contributed by atoms with Gasteiger partial charge in [-0.1, -0.05) is 0 Å². The Balaban J connectivity index is 2.09. The molecule has 0 aliphatic carbocycles. The van der Waals surface area contributed by atoms with E-state index in [-0.39, 0.29) is 23.1 Å². The van der Waals surface area contributed by atoms with E-state index >= 15 is 0 Å². The SMILES string of the molecule is CC(=O)N1CCN(C(=O)c2cc(N)ccc2O)CC1. The number of hydrogen-bond donors (Lipinski definition) is 2. The maximum Gasteiger partial charge on any atom is 0.257 e. The molecule has 1 aliphatic rings. The van der Waals surface area contributed by atoms with E-state index in [1.807, 2.05) is 0 Å². The van der Waals surface area contributed by atoms with E-state index in [1.54, 1.807) is 15.9 Å². The summed E-state index contributed by atoms with van der Waals surface area (Å²) in [6, 6.07) is 4.42. The highest BCUT2D eigenvalue weighted by Gasteiger charge is 2.24. The number of phenols is 1. The minimum absolute atomic E-state index is 0.0129. The number of aromatic hydroxyl groups is 1. The maximum absolute atomic E-state index is 12.3. The lowest BCUT2D eigenvalue weighted by Gasteiger charge is -2.34. The molecule has 0 atom stereocenters. The number of hydrogen-bond acceptors (Lipinski definition) is 4. The summed E-state index contributed by atoms with van der Waals surface area (Å²) >= 11 is 0. The molecule has 1 saturated heterocycles. The summed E-state index contributed by atoms with van der Waals surface area (Å²) in [4.78, 5) is 26.8. The molecule has 1 aromatic rings. The Hall–Kier alpha value is -2.24. The highest BCUT2D eigenvalue weighted by atomic mass is 16.3. The first kappa shape index (κ1) is 13.2. The minimum atomic E-state index is -0.256. The van der Waals surface area contributed by atoms with Crippen molar-refractivity contribution in [2.45, 2.75) is 6.92 Å². The van der Waals surface area contributed by atoms with Crippen LogP contribution in [0.4, 0.5) is 5.69 Å². The Morgan fingerprint density at radius 3 is 2.32 bits per heavy atom. The molecule has 1 aromatic carbocycles. The predicted octanol–water partition coefficient (Wildman–Crippen LogP) is 0.279. The van der Waals surface area contributed by atoms with Crippen LogP contribution in [0.5, 0.6) is 5.75 Å². The molecule has 2 rings (SSSR count). The molecule has 1 aliphatic heterocycles. The Labute approximate surface area is 111 Å². The summed E-state index contributed by atoms with van der Waals surface area (Å²) in [6.07, 6.45) is 0. The van der Waals surface area contributed by atoms with Crippen molar-refractivity contribution in [2.24, 2.45) is 0 Å². The highest BCUT2D eigenvalue weighted by molar-refractivity contribution is 5.97. The molecule has 0 aromatic heterocycles. The quantitative estimate of drug-likeness (QED) is 0.563. The zero-order valence-electron chi connectivity index (χ0n) is 10.8. The average Bonchev–Trinajstić information content (AvgIpc) is 2.41. The molecular formula is C13H17N3O3. The third-order valence-electron chi connectivity index (χ3n) is 3.26. The normalized spacial score (nSPS) is 15.4. The molecule has 0 bridgehead atoms. The molecule has 19 heavy (non-hydrogen) atoms. The number of phenolic OH excluding ortho intramolecular Hbond substituents is 1. The number of rotatable bonds is 1. The van der Waals surface area contributed by atoms with E-state index in [0.29, 0.717) is 31.9 Å². The first-order valence-electron chi connectivity index (χ1n) is 6.12. The van der Waals surface area contributed by atoms with Crippen LogP contribution < -0.4 is 5.73 Å². The van der Waals surface area contributed by atoms with Crippen molar-refractivity contribution < 1.29 is 14.7 Å². The fraction of sp³-hybridized carbons (Fsp3) is 0.385. The topological polar surface area (TPSA) is 86.9 Å². The van der Waals surface area contributed by atoms with E-state index < -0.39 is 0 Å². The first-order chi connectivity index (χ1) is 8.99. The van der Waals surface area contributed by atoms with Gasteiger partial charge in [0, 0.05) is 38.8 Å². The summed E-state index contributed by atoms with van der Waals surface area (Å²) in [6.45, 7) is 3.48. The van der Waals surface area contributed by atoms with E-state index in [0.717, 1.165) is 0 Å². The number of amides is 2. The second kappa shape index (κ2) is 5.17. The summed E-state index contributed by atoms with van der Waals surface area (Å²) in [5.74, 6) is -0.319. The van der Waals surface area contributed by atoms with Crippen LogP contribution in [0.1, 0.15) is 17.3 Å². The molecule has 6 nitrogen and oxygen atoms in total. The second-order valence-corrected chi connectivity index (χ2v) is 4.57. The molecule has 3 N–H and O–H groups in total. The van der Waals surface area contributed by atoms with Gasteiger partial charge in [-0.25, -0.2) is 0 Å². The Kier molecular flexibility index (Phi) is 3.59. The zero-order chi connectivity index (χ0) is 14.0.